The lowest BCUT2D eigenvalue weighted by Gasteiger charge is -2.17. The minimum absolute atomic E-state index is 0.0173. The van der Waals surface area contributed by atoms with Crippen molar-refractivity contribution in [3.63, 3.8) is 0 Å². The molecular formula is C20H18ClF3N4O4. The second-order valence-corrected chi connectivity index (χ2v) is 6.81. The van der Waals surface area contributed by atoms with Gasteiger partial charge in [-0.05, 0) is 18.2 Å². The summed E-state index contributed by atoms with van der Waals surface area (Å²) in [5, 5.41) is 29.6. The summed E-state index contributed by atoms with van der Waals surface area (Å²) in [6, 6.07) is 6.12. The molecule has 0 spiro atoms. The Balaban J connectivity index is 2.08. The molecule has 0 heterocycles. The van der Waals surface area contributed by atoms with Crippen molar-refractivity contribution in [2.24, 2.45) is 0 Å². The van der Waals surface area contributed by atoms with E-state index in [2.05, 4.69) is 15.4 Å². The standard InChI is InChI=1S/C20H18ClF3N4O4/c21-14-6-15(25)11(5-17(14)32-10-20(22,23)24)7-27-8-16(26)12-3-1-2-4-13(12)19(31)28-9-18(29)30/h1-7,25-27H,8-10H2,(H,28,31)(H,29,30)/b11-7-,25-15?,26-16?. The number of allylic oxidation sites excluding steroid dienone is 4. The number of hydrogen-bond acceptors (Lipinski definition) is 6. The van der Waals surface area contributed by atoms with Crippen LogP contribution >= 0.6 is 11.6 Å². The normalized spacial score (nSPS) is 15.0. The summed E-state index contributed by atoms with van der Waals surface area (Å²) in [7, 11) is 0. The first kappa shape index (κ1) is 24.7. The van der Waals surface area contributed by atoms with Gasteiger partial charge < -0.3 is 31.3 Å². The van der Waals surface area contributed by atoms with Gasteiger partial charge in [0.25, 0.3) is 5.91 Å². The minimum Gasteiger partial charge on any atom is -0.483 e. The second-order valence-electron chi connectivity index (χ2n) is 6.40. The molecule has 0 aliphatic heterocycles. The molecule has 0 fully saturated rings. The summed E-state index contributed by atoms with van der Waals surface area (Å²) in [6.07, 6.45) is -0.945. The molecule has 1 aliphatic carbocycles. The summed E-state index contributed by atoms with van der Waals surface area (Å²) in [6.45, 7) is -2.21. The maximum Gasteiger partial charge on any atom is 0.422 e. The Hall–Kier alpha value is -3.60. The molecule has 0 saturated carbocycles. The molecule has 0 unspecified atom stereocenters. The highest BCUT2D eigenvalue weighted by molar-refractivity contribution is 6.35. The molecule has 0 atom stereocenters. The molecule has 1 amide bonds. The average molecular weight is 471 g/mol. The molecule has 0 radical (unpaired) electrons. The van der Waals surface area contributed by atoms with Gasteiger partial charge in [0.1, 0.15) is 12.3 Å². The summed E-state index contributed by atoms with van der Waals surface area (Å²) >= 11 is 5.83. The van der Waals surface area contributed by atoms with Crippen molar-refractivity contribution in [1.82, 2.24) is 10.6 Å². The number of rotatable bonds is 9. The molecule has 0 aromatic heterocycles. The first-order chi connectivity index (χ1) is 15.0. The van der Waals surface area contributed by atoms with Crippen molar-refractivity contribution in [3.05, 3.63) is 70.1 Å². The van der Waals surface area contributed by atoms with Crippen molar-refractivity contribution < 1.29 is 32.6 Å². The fourth-order valence-electron chi connectivity index (χ4n) is 2.51. The Morgan fingerprint density at radius 3 is 2.44 bits per heavy atom. The smallest absolute Gasteiger partial charge is 0.422 e. The van der Waals surface area contributed by atoms with Gasteiger partial charge in [-0.2, -0.15) is 13.2 Å². The molecule has 2 rings (SSSR count). The largest absolute Gasteiger partial charge is 0.483 e. The Morgan fingerprint density at radius 1 is 1.16 bits per heavy atom. The lowest BCUT2D eigenvalue weighted by atomic mass is 10.0. The van der Waals surface area contributed by atoms with Gasteiger partial charge >= 0.3 is 12.1 Å². The number of benzene rings is 1. The average Bonchev–Trinajstić information content (AvgIpc) is 2.71. The van der Waals surface area contributed by atoms with Gasteiger partial charge in [-0.25, -0.2) is 0 Å². The molecule has 1 aromatic carbocycles. The van der Waals surface area contributed by atoms with E-state index in [9.17, 15) is 22.8 Å². The molecule has 0 bridgehead atoms. The minimum atomic E-state index is -4.55. The van der Waals surface area contributed by atoms with E-state index in [0.717, 1.165) is 6.08 Å². The lowest BCUT2D eigenvalue weighted by molar-refractivity contribution is -0.163. The third kappa shape index (κ3) is 7.27. The fourth-order valence-corrected chi connectivity index (χ4v) is 2.73. The molecule has 32 heavy (non-hydrogen) atoms. The molecule has 1 aliphatic rings. The van der Waals surface area contributed by atoms with E-state index in [-0.39, 0.29) is 45.5 Å². The van der Waals surface area contributed by atoms with Crippen LogP contribution in [0, 0.1) is 10.8 Å². The third-order valence-electron chi connectivity index (χ3n) is 3.93. The van der Waals surface area contributed by atoms with Crippen LogP contribution in [0.1, 0.15) is 15.9 Å². The highest BCUT2D eigenvalue weighted by Gasteiger charge is 2.30. The Bertz CT molecular complexity index is 1030. The number of amides is 1. The first-order valence-corrected chi connectivity index (χ1v) is 9.34. The number of carboxylic acid groups (broad SMARTS) is 1. The maximum atomic E-state index is 12.4. The van der Waals surface area contributed by atoms with E-state index in [4.69, 9.17) is 27.5 Å². The van der Waals surface area contributed by atoms with Crippen LogP contribution in [-0.2, 0) is 9.53 Å². The number of alkyl halides is 3. The second kappa shape index (κ2) is 10.6. The number of carbonyl (C=O) groups is 2. The van der Waals surface area contributed by atoms with Crippen LogP contribution in [0.25, 0.3) is 0 Å². The third-order valence-corrected chi connectivity index (χ3v) is 4.22. The summed E-state index contributed by atoms with van der Waals surface area (Å²) < 4.78 is 41.8. The van der Waals surface area contributed by atoms with E-state index < -0.39 is 31.2 Å². The number of carboxylic acids is 1. The fraction of sp³-hybridized carbons (Fsp3) is 0.200. The molecule has 1 aromatic rings. The Kier molecular flexibility index (Phi) is 8.19. The molecular weight excluding hydrogens is 453 g/mol. The number of hydrogen-bond donors (Lipinski definition) is 5. The summed E-state index contributed by atoms with van der Waals surface area (Å²) in [5.41, 5.74) is 0.439. The van der Waals surface area contributed by atoms with Crippen LogP contribution in [-0.4, -0.2) is 54.3 Å². The van der Waals surface area contributed by atoms with Crippen LogP contribution < -0.4 is 10.6 Å². The molecule has 5 N–H and O–H groups in total. The molecule has 8 nitrogen and oxygen atoms in total. The maximum absolute atomic E-state index is 12.4. The van der Waals surface area contributed by atoms with Crippen LogP contribution in [0.15, 0.2) is 59.0 Å². The highest BCUT2D eigenvalue weighted by Crippen LogP contribution is 2.26. The van der Waals surface area contributed by atoms with Crippen molar-refractivity contribution in [2.75, 3.05) is 19.7 Å². The number of nitrogens with one attached hydrogen (secondary N) is 4. The van der Waals surface area contributed by atoms with E-state index in [0.29, 0.717) is 0 Å². The summed E-state index contributed by atoms with van der Waals surface area (Å²) in [5.74, 6) is -2.12. The SMILES string of the molecule is N=C1C=C(Cl)C(OCC(F)(F)F)=C/C1=C/NCC(=N)c1ccccc1C(=O)NCC(=O)O. The number of ether oxygens (including phenoxy) is 1. The molecule has 0 saturated heterocycles. The number of halogens is 4. The number of carbonyl (C=O) groups excluding carboxylic acids is 1. The Morgan fingerprint density at radius 2 is 1.81 bits per heavy atom. The van der Waals surface area contributed by atoms with Crippen molar-refractivity contribution in [1.29, 1.82) is 10.8 Å². The summed E-state index contributed by atoms with van der Waals surface area (Å²) in [4.78, 5) is 22.8. The molecule has 12 heteroatoms. The monoisotopic (exact) mass is 470 g/mol. The van der Waals surface area contributed by atoms with E-state index in [1.807, 2.05) is 0 Å². The van der Waals surface area contributed by atoms with Gasteiger partial charge in [-0.15, -0.1) is 0 Å². The zero-order chi connectivity index (χ0) is 23.9. The van der Waals surface area contributed by atoms with Gasteiger partial charge in [0.05, 0.1) is 23.0 Å². The van der Waals surface area contributed by atoms with Crippen molar-refractivity contribution in [2.45, 2.75) is 6.18 Å². The molecule has 170 valence electrons. The van der Waals surface area contributed by atoms with E-state index >= 15 is 0 Å². The zero-order valence-corrected chi connectivity index (χ0v) is 17.1. The van der Waals surface area contributed by atoms with Crippen LogP contribution in [0.5, 0.6) is 0 Å². The number of aliphatic carboxylic acids is 1. The quantitative estimate of drug-likeness (QED) is 0.354. The zero-order valence-electron chi connectivity index (χ0n) is 16.3. The topological polar surface area (TPSA) is 135 Å². The van der Waals surface area contributed by atoms with E-state index in [1.54, 1.807) is 12.1 Å². The predicted octanol–water partition coefficient (Wildman–Crippen LogP) is 2.96. The van der Waals surface area contributed by atoms with Crippen molar-refractivity contribution >= 4 is 34.9 Å². The van der Waals surface area contributed by atoms with Gasteiger partial charge in [0.15, 0.2) is 6.61 Å². The van der Waals surface area contributed by atoms with Gasteiger partial charge in [-0.3, -0.25) is 9.59 Å². The highest BCUT2D eigenvalue weighted by atomic mass is 35.5. The van der Waals surface area contributed by atoms with E-state index in [1.165, 1.54) is 24.4 Å². The van der Waals surface area contributed by atoms with Gasteiger partial charge in [-0.1, -0.05) is 29.8 Å². The van der Waals surface area contributed by atoms with Gasteiger partial charge in [0.2, 0.25) is 0 Å². The predicted molar refractivity (Wildman–Crippen MR) is 111 cm³/mol. The van der Waals surface area contributed by atoms with Crippen molar-refractivity contribution in [3.8, 4) is 0 Å². The van der Waals surface area contributed by atoms with Crippen LogP contribution in [0.4, 0.5) is 13.2 Å². The Labute approximate surface area is 185 Å². The van der Waals surface area contributed by atoms with Gasteiger partial charge in [0, 0.05) is 22.9 Å². The lowest BCUT2D eigenvalue weighted by Crippen LogP contribution is -2.31. The van der Waals surface area contributed by atoms with Crippen LogP contribution in [0.2, 0.25) is 0 Å². The first-order valence-electron chi connectivity index (χ1n) is 8.96. The van der Waals surface area contributed by atoms with Crippen LogP contribution in [0.3, 0.4) is 0 Å².